The third-order valence-electron chi connectivity index (χ3n) is 5.39. The Bertz CT molecular complexity index is 1080. The molecule has 2 aromatic heterocycles. The highest BCUT2D eigenvalue weighted by molar-refractivity contribution is 7.12. The van der Waals surface area contributed by atoms with Gasteiger partial charge in [-0.2, -0.15) is 0 Å². The van der Waals surface area contributed by atoms with Crippen molar-refractivity contribution in [3.8, 4) is 0 Å². The van der Waals surface area contributed by atoms with Gasteiger partial charge in [-0.15, -0.1) is 11.3 Å². The maximum absolute atomic E-state index is 13.3. The van der Waals surface area contributed by atoms with Gasteiger partial charge in [0.25, 0.3) is 11.8 Å². The summed E-state index contributed by atoms with van der Waals surface area (Å²) in [6, 6.07) is 13.7. The SMILES string of the molecule is CC(C)c1ccc(N2C(=O)CC(N(Cc3cccnc3)C(=O)c3cccs3)C2=O)cc1. The van der Waals surface area contributed by atoms with Crippen LogP contribution < -0.4 is 4.90 Å². The molecule has 1 atom stereocenters. The molecule has 1 aliphatic heterocycles. The van der Waals surface area contributed by atoms with E-state index in [0.29, 0.717) is 16.5 Å². The topological polar surface area (TPSA) is 70.6 Å². The van der Waals surface area contributed by atoms with Crippen LogP contribution in [0.2, 0.25) is 0 Å². The largest absolute Gasteiger partial charge is 0.321 e. The molecule has 4 rings (SSSR count). The zero-order valence-corrected chi connectivity index (χ0v) is 18.2. The van der Waals surface area contributed by atoms with Crippen molar-refractivity contribution < 1.29 is 14.4 Å². The van der Waals surface area contributed by atoms with Gasteiger partial charge in [0, 0.05) is 18.9 Å². The summed E-state index contributed by atoms with van der Waals surface area (Å²) in [6.45, 7) is 4.38. The molecule has 3 heterocycles. The summed E-state index contributed by atoms with van der Waals surface area (Å²) in [7, 11) is 0. The van der Waals surface area contributed by atoms with Crippen LogP contribution in [-0.2, 0) is 16.1 Å². The van der Waals surface area contributed by atoms with Crippen LogP contribution in [0.4, 0.5) is 5.69 Å². The fourth-order valence-electron chi connectivity index (χ4n) is 3.69. The number of hydrogen-bond donors (Lipinski definition) is 0. The maximum atomic E-state index is 13.3. The summed E-state index contributed by atoms with van der Waals surface area (Å²) >= 11 is 1.32. The lowest BCUT2D eigenvalue weighted by atomic mass is 10.0. The number of hydrogen-bond acceptors (Lipinski definition) is 5. The standard InChI is InChI=1S/C24H23N3O3S/c1-16(2)18-7-9-19(10-8-18)27-22(28)13-20(23(27)29)26(15-17-5-3-11-25-14-17)24(30)21-6-4-12-31-21/h3-12,14,16,20H,13,15H2,1-2H3. The lowest BCUT2D eigenvalue weighted by Crippen LogP contribution is -2.45. The molecule has 1 unspecified atom stereocenters. The van der Waals surface area contributed by atoms with E-state index in [1.807, 2.05) is 23.6 Å². The maximum Gasteiger partial charge on any atom is 0.264 e. The van der Waals surface area contributed by atoms with E-state index in [2.05, 4.69) is 18.8 Å². The number of carbonyl (C=O) groups excluding carboxylic acids is 3. The third-order valence-corrected chi connectivity index (χ3v) is 6.24. The molecule has 1 aromatic carbocycles. The number of benzene rings is 1. The fraction of sp³-hybridized carbons (Fsp3) is 0.250. The normalized spacial score (nSPS) is 16.2. The number of carbonyl (C=O) groups is 3. The van der Waals surface area contributed by atoms with Gasteiger partial charge in [0.15, 0.2) is 0 Å². The van der Waals surface area contributed by atoms with Crippen molar-refractivity contribution >= 4 is 34.7 Å². The second-order valence-electron chi connectivity index (χ2n) is 7.81. The average Bonchev–Trinajstić information content (AvgIpc) is 3.41. The second-order valence-corrected chi connectivity index (χ2v) is 8.75. The fourth-order valence-corrected chi connectivity index (χ4v) is 4.37. The Kier molecular flexibility index (Phi) is 5.95. The van der Waals surface area contributed by atoms with Gasteiger partial charge in [0.2, 0.25) is 5.91 Å². The molecule has 1 saturated heterocycles. The molecule has 7 heteroatoms. The molecule has 1 fully saturated rings. The highest BCUT2D eigenvalue weighted by Crippen LogP contribution is 2.29. The molecule has 0 spiro atoms. The molecule has 158 valence electrons. The Labute approximate surface area is 185 Å². The first kappa shape index (κ1) is 20.9. The summed E-state index contributed by atoms with van der Waals surface area (Å²) in [5.74, 6) is -0.592. The number of anilines is 1. The summed E-state index contributed by atoms with van der Waals surface area (Å²) in [6.07, 6.45) is 3.28. The number of amides is 3. The molecule has 1 aliphatic rings. The Hall–Kier alpha value is -3.32. The smallest absolute Gasteiger partial charge is 0.264 e. The molecule has 0 bridgehead atoms. The Morgan fingerprint density at radius 2 is 1.94 bits per heavy atom. The molecule has 0 aliphatic carbocycles. The lowest BCUT2D eigenvalue weighted by Gasteiger charge is -2.27. The minimum atomic E-state index is -0.855. The van der Waals surface area contributed by atoms with E-state index < -0.39 is 6.04 Å². The van der Waals surface area contributed by atoms with Crippen LogP contribution in [0, 0.1) is 0 Å². The number of aromatic nitrogens is 1. The Morgan fingerprint density at radius 3 is 2.55 bits per heavy atom. The lowest BCUT2D eigenvalue weighted by molar-refractivity contribution is -0.122. The number of imide groups is 1. The van der Waals surface area contributed by atoms with Gasteiger partial charge in [-0.3, -0.25) is 19.4 Å². The van der Waals surface area contributed by atoms with Crippen molar-refractivity contribution in [3.05, 3.63) is 82.3 Å². The van der Waals surface area contributed by atoms with Gasteiger partial charge in [-0.25, -0.2) is 4.90 Å². The quantitative estimate of drug-likeness (QED) is 0.545. The van der Waals surface area contributed by atoms with Gasteiger partial charge in [0.05, 0.1) is 17.0 Å². The highest BCUT2D eigenvalue weighted by Gasteiger charge is 2.44. The van der Waals surface area contributed by atoms with Gasteiger partial charge >= 0.3 is 0 Å². The van der Waals surface area contributed by atoms with Crippen molar-refractivity contribution in [1.82, 2.24) is 9.88 Å². The molecule has 3 amide bonds. The number of rotatable bonds is 6. The van der Waals surface area contributed by atoms with E-state index in [1.165, 1.54) is 21.1 Å². The van der Waals surface area contributed by atoms with E-state index >= 15 is 0 Å². The van der Waals surface area contributed by atoms with E-state index in [1.54, 1.807) is 42.7 Å². The van der Waals surface area contributed by atoms with Gasteiger partial charge in [0.1, 0.15) is 6.04 Å². The van der Waals surface area contributed by atoms with Crippen LogP contribution in [-0.4, -0.2) is 33.6 Å². The summed E-state index contributed by atoms with van der Waals surface area (Å²) < 4.78 is 0. The van der Waals surface area contributed by atoms with E-state index in [9.17, 15) is 14.4 Å². The molecular formula is C24H23N3O3S. The molecular weight excluding hydrogens is 410 g/mol. The molecule has 3 aromatic rings. The number of nitrogens with zero attached hydrogens (tertiary/aromatic N) is 3. The van der Waals surface area contributed by atoms with Gasteiger partial charge < -0.3 is 4.90 Å². The van der Waals surface area contributed by atoms with Crippen LogP contribution in [0.5, 0.6) is 0 Å². The van der Waals surface area contributed by atoms with Crippen molar-refractivity contribution in [1.29, 1.82) is 0 Å². The summed E-state index contributed by atoms with van der Waals surface area (Å²) in [5.41, 5.74) is 2.46. The van der Waals surface area contributed by atoms with Crippen LogP contribution >= 0.6 is 11.3 Å². The van der Waals surface area contributed by atoms with Gasteiger partial charge in [-0.1, -0.05) is 38.1 Å². The van der Waals surface area contributed by atoms with Crippen LogP contribution in [0.1, 0.15) is 47.0 Å². The van der Waals surface area contributed by atoms with Gasteiger partial charge in [-0.05, 0) is 46.7 Å². The van der Waals surface area contributed by atoms with Crippen LogP contribution in [0.25, 0.3) is 0 Å². The average molecular weight is 434 g/mol. The molecule has 31 heavy (non-hydrogen) atoms. The van der Waals surface area contributed by atoms with Crippen molar-refractivity contribution in [3.63, 3.8) is 0 Å². The van der Waals surface area contributed by atoms with Crippen LogP contribution in [0.15, 0.2) is 66.3 Å². The zero-order valence-electron chi connectivity index (χ0n) is 17.4. The Morgan fingerprint density at radius 1 is 1.16 bits per heavy atom. The summed E-state index contributed by atoms with van der Waals surface area (Å²) in [4.78, 5) is 46.8. The number of pyridine rings is 1. The third kappa shape index (κ3) is 4.27. The first-order valence-corrected chi connectivity index (χ1v) is 11.0. The minimum absolute atomic E-state index is 0.0395. The Balaban J connectivity index is 1.64. The molecule has 0 N–H and O–H groups in total. The monoisotopic (exact) mass is 433 g/mol. The molecule has 0 saturated carbocycles. The van der Waals surface area contributed by atoms with E-state index in [-0.39, 0.29) is 30.7 Å². The van der Waals surface area contributed by atoms with Crippen molar-refractivity contribution in [2.45, 2.75) is 38.8 Å². The highest BCUT2D eigenvalue weighted by atomic mass is 32.1. The van der Waals surface area contributed by atoms with Crippen molar-refractivity contribution in [2.24, 2.45) is 0 Å². The van der Waals surface area contributed by atoms with Crippen molar-refractivity contribution in [2.75, 3.05) is 4.90 Å². The zero-order chi connectivity index (χ0) is 22.0. The first-order valence-electron chi connectivity index (χ1n) is 10.2. The predicted molar refractivity (Wildman–Crippen MR) is 120 cm³/mol. The number of thiophene rings is 1. The molecule has 0 radical (unpaired) electrons. The van der Waals surface area contributed by atoms with Crippen LogP contribution in [0.3, 0.4) is 0 Å². The first-order chi connectivity index (χ1) is 15.0. The molecule has 6 nitrogen and oxygen atoms in total. The summed E-state index contributed by atoms with van der Waals surface area (Å²) in [5, 5.41) is 1.82. The minimum Gasteiger partial charge on any atom is -0.321 e. The van der Waals surface area contributed by atoms with E-state index in [4.69, 9.17) is 0 Å². The van der Waals surface area contributed by atoms with E-state index in [0.717, 1.165) is 11.1 Å². The second kappa shape index (κ2) is 8.81. The predicted octanol–water partition coefficient (Wildman–Crippen LogP) is 4.24.